The van der Waals surface area contributed by atoms with E-state index in [1.165, 1.54) is 5.17 Å². The van der Waals surface area contributed by atoms with Crippen molar-refractivity contribution in [3.05, 3.63) is 0 Å². The van der Waals surface area contributed by atoms with Crippen LogP contribution < -0.4 is 5.43 Å². The van der Waals surface area contributed by atoms with Crippen LogP contribution in [0.4, 0.5) is 0 Å². The Morgan fingerprint density at radius 3 is 2.58 bits per heavy atom. The molecule has 1 saturated heterocycles. The van der Waals surface area contributed by atoms with E-state index in [1.807, 2.05) is 20.8 Å². The summed E-state index contributed by atoms with van der Waals surface area (Å²) in [5.41, 5.74) is 2.52. The van der Waals surface area contributed by atoms with Crippen molar-refractivity contribution in [3.8, 4) is 0 Å². The predicted molar refractivity (Wildman–Crippen MR) is 44.9 cm³/mol. The molecular weight excluding hydrogens is 156 g/mol. The first-order chi connectivity index (χ1) is 5.50. The average Bonchev–Trinajstić information content (AvgIpc) is 2.37. The Balaban J connectivity index is 2.35. The second-order valence-corrected chi connectivity index (χ2v) is 3.99. The molecule has 0 radical (unpaired) electrons. The van der Waals surface area contributed by atoms with E-state index < -0.39 is 5.41 Å². The van der Waals surface area contributed by atoms with Crippen molar-refractivity contribution in [1.29, 1.82) is 0 Å². The van der Waals surface area contributed by atoms with Crippen molar-refractivity contribution in [2.75, 3.05) is 13.1 Å². The van der Waals surface area contributed by atoms with Crippen LogP contribution in [0.1, 0.15) is 27.2 Å². The van der Waals surface area contributed by atoms with Gasteiger partial charge in [0, 0.05) is 6.54 Å². The molecule has 0 amide bonds. The summed E-state index contributed by atoms with van der Waals surface area (Å²) in [6, 6.07) is 0. The van der Waals surface area contributed by atoms with Gasteiger partial charge in [-0.05, 0) is 27.2 Å². The van der Waals surface area contributed by atoms with Crippen molar-refractivity contribution in [1.82, 2.24) is 10.6 Å². The molecule has 1 aliphatic heterocycles. The molecule has 1 heterocycles. The van der Waals surface area contributed by atoms with Crippen molar-refractivity contribution in [2.24, 2.45) is 5.41 Å². The van der Waals surface area contributed by atoms with Gasteiger partial charge in [-0.3, -0.25) is 0 Å². The first-order valence-electron chi connectivity index (χ1n) is 4.23. The van der Waals surface area contributed by atoms with Gasteiger partial charge in [-0.15, -0.1) is 0 Å². The lowest BCUT2D eigenvalue weighted by Crippen LogP contribution is -2.37. The first kappa shape index (κ1) is 9.48. The van der Waals surface area contributed by atoms with Gasteiger partial charge in [0.15, 0.2) is 0 Å². The molecule has 0 aromatic rings. The SMILES string of the molecule is CC(C)(C)C(=O)ON1CCCN1. The summed E-state index contributed by atoms with van der Waals surface area (Å²) in [6.07, 6.45) is 1.03. The molecule has 0 saturated carbocycles. The minimum atomic E-state index is -0.426. The molecule has 0 aromatic carbocycles. The lowest BCUT2D eigenvalue weighted by atomic mass is 9.98. The summed E-state index contributed by atoms with van der Waals surface area (Å²) in [5, 5.41) is 1.51. The lowest BCUT2D eigenvalue weighted by molar-refractivity contribution is -0.207. The van der Waals surface area contributed by atoms with E-state index in [2.05, 4.69) is 5.43 Å². The van der Waals surface area contributed by atoms with Gasteiger partial charge < -0.3 is 4.84 Å². The molecule has 1 aliphatic rings. The molecule has 0 aliphatic carbocycles. The van der Waals surface area contributed by atoms with Gasteiger partial charge in [-0.25, -0.2) is 10.2 Å². The third-order valence-corrected chi connectivity index (χ3v) is 1.63. The highest BCUT2D eigenvalue weighted by Gasteiger charge is 2.26. The minimum absolute atomic E-state index is 0.197. The lowest BCUT2D eigenvalue weighted by Gasteiger charge is -2.21. The van der Waals surface area contributed by atoms with Crippen molar-refractivity contribution in [2.45, 2.75) is 27.2 Å². The molecule has 4 heteroatoms. The van der Waals surface area contributed by atoms with Gasteiger partial charge in [-0.1, -0.05) is 5.17 Å². The highest BCUT2D eigenvalue weighted by atomic mass is 16.7. The van der Waals surface area contributed by atoms with Crippen LogP contribution in [0.25, 0.3) is 0 Å². The van der Waals surface area contributed by atoms with Crippen LogP contribution in [0.2, 0.25) is 0 Å². The Bertz CT molecular complexity index is 168. The Morgan fingerprint density at radius 1 is 1.50 bits per heavy atom. The molecular formula is C8H16N2O2. The third kappa shape index (κ3) is 2.46. The molecule has 12 heavy (non-hydrogen) atoms. The summed E-state index contributed by atoms with van der Waals surface area (Å²) in [5.74, 6) is -0.197. The van der Waals surface area contributed by atoms with Crippen molar-refractivity contribution < 1.29 is 9.63 Å². The Hall–Kier alpha value is -0.610. The molecule has 0 spiro atoms. The third-order valence-electron chi connectivity index (χ3n) is 1.63. The zero-order valence-electron chi connectivity index (χ0n) is 7.89. The maximum atomic E-state index is 11.3. The molecule has 0 bridgehead atoms. The van der Waals surface area contributed by atoms with Crippen molar-refractivity contribution in [3.63, 3.8) is 0 Å². The van der Waals surface area contributed by atoms with Gasteiger partial charge in [0.2, 0.25) is 0 Å². The summed E-state index contributed by atoms with van der Waals surface area (Å²) in [6.45, 7) is 7.18. The molecule has 1 N–H and O–H groups in total. The van der Waals surface area contributed by atoms with Crippen molar-refractivity contribution >= 4 is 5.97 Å². The van der Waals surface area contributed by atoms with E-state index >= 15 is 0 Å². The summed E-state index contributed by atoms with van der Waals surface area (Å²) >= 11 is 0. The minimum Gasteiger partial charge on any atom is -0.352 e. The van der Waals surface area contributed by atoms with Gasteiger partial charge in [0.25, 0.3) is 0 Å². The van der Waals surface area contributed by atoms with E-state index in [4.69, 9.17) is 4.84 Å². The van der Waals surface area contributed by atoms with Crippen LogP contribution in [0.3, 0.4) is 0 Å². The predicted octanol–water partition coefficient (Wildman–Crippen LogP) is 0.701. The van der Waals surface area contributed by atoms with Crippen LogP contribution in [-0.4, -0.2) is 24.2 Å². The average molecular weight is 172 g/mol. The van der Waals surface area contributed by atoms with Gasteiger partial charge >= 0.3 is 5.97 Å². The van der Waals surface area contributed by atoms with E-state index in [-0.39, 0.29) is 5.97 Å². The number of hydrogen-bond acceptors (Lipinski definition) is 4. The Kier molecular flexibility index (Phi) is 2.69. The van der Waals surface area contributed by atoms with E-state index in [1.54, 1.807) is 0 Å². The molecule has 4 nitrogen and oxygen atoms in total. The van der Waals surface area contributed by atoms with Gasteiger partial charge in [0.1, 0.15) is 0 Å². The second kappa shape index (κ2) is 3.41. The number of rotatable bonds is 1. The first-order valence-corrected chi connectivity index (χ1v) is 4.23. The maximum absolute atomic E-state index is 11.3. The smallest absolute Gasteiger partial charge is 0.332 e. The standard InChI is InChI=1S/C8H16N2O2/c1-8(2,3)7(11)12-10-6-4-5-9-10/h9H,4-6H2,1-3H3. The summed E-state index contributed by atoms with van der Waals surface area (Å²) < 4.78 is 0. The van der Waals surface area contributed by atoms with E-state index in [9.17, 15) is 4.79 Å². The topological polar surface area (TPSA) is 41.6 Å². The monoisotopic (exact) mass is 172 g/mol. The number of hydrogen-bond donors (Lipinski definition) is 1. The molecule has 1 fully saturated rings. The highest BCUT2D eigenvalue weighted by Crippen LogP contribution is 2.16. The summed E-state index contributed by atoms with van der Waals surface area (Å²) in [7, 11) is 0. The molecule has 0 atom stereocenters. The number of hydrazine groups is 1. The Morgan fingerprint density at radius 2 is 2.17 bits per heavy atom. The van der Waals surface area contributed by atoms with Gasteiger partial charge in [-0.2, -0.15) is 0 Å². The van der Waals surface area contributed by atoms with Crippen LogP contribution >= 0.6 is 0 Å². The van der Waals surface area contributed by atoms with Crippen LogP contribution in [0, 0.1) is 5.41 Å². The van der Waals surface area contributed by atoms with Crippen LogP contribution in [-0.2, 0) is 9.63 Å². The second-order valence-electron chi connectivity index (χ2n) is 3.99. The van der Waals surface area contributed by atoms with E-state index in [0.29, 0.717) is 0 Å². The zero-order valence-corrected chi connectivity index (χ0v) is 7.89. The fourth-order valence-electron chi connectivity index (χ4n) is 0.820. The molecule has 70 valence electrons. The van der Waals surface area contributed by atoms with E-state index in [0.717, 1.165) is 19.5 Å². The normalized spacial score (nSPS) is 19.6. The van der Waals surface area contributed by atoms with Crippen LogP contribution in [0.5, 0.6) is 0 Å². The Labute approximate surface area is 72.8 Å². The fraction of sp³-hybridized carbons (Fsp3) is 0.875. The van der Waals surface area contributed by atoms with Gasteiger partial charge in [0.05, 0.1) is 12.0 Å². The number of carbonyl (C=O) groups excluding carboxylic acids is 1. The number of nitrogens with zero attached hydrogens (tertiary/aromatic N) is 1. The fourth-order valence-corrected chi connectivity index (χ4v) is 0.820. The zero-order chi connectivity index (χ0) is 9.19. The maximum Gasteiger partial charge on any atom is 0.332 e. The molecule has 1 rings (SSSR count). The number of carbonyl (C=O) groups is 1. The molecule has 0 aromatic heterocycles. The largest absolute Gasteiger partial charge is 0.352 e. The number of hydroxylamine groups is 1. The molecule has 0 unspecified atom stereocenters. The quantitative estimate of drug-likeness (QED) is 0.632. The summed E-state index contributed by atoms with van der Waals surface area (Å²) in [4.78, 5) is 16.4. The highest BCUT2D eigenvalue weighted by molar-refractivity contribution is 5.75. The number of nitrogens with one attached hydrogen (secondary N) is 1. The van der Waals surface area contributed by atoms with Crippen LogP contribution in [0.15, 0.2) is 0 Å².